The van der Waals surface area contributed by atoms with Gasteiger partial charge in [-0.25, -0.2) is 15.0 Å². The van der Waals surface area contributed by atoms with E-state index >= 15 is 0 Å². The molecular weight excluding hydrogens is 420 g/mol. The summed E-state index contributed by atoms with van der Waals surface area (Å²) in [6.07, 6.45) is 10.0. The normalized spacial score (nSPS) is 21.0. The van der Waals surface area contributed by atoms with Crippen molar-refractivity contribution >= 4 is 40.8 Å². The van der Waals surface area contributed by atoms with Gasteiger partial charge in [0.25, 0.3) is 0 Å². The number of anilines is 2. The summed E-state index contributed by atoms with van der Waals surface area (Å²) in [6.45, 7) is 7.98. The molecule has 0 aromatic carbocycles. The number of nitrogens with two attached hydrogens (primary N) is 1. The number of hydrogen-bond donors (Lipinski definition) is 1. The van der Waals surface area contributed by atoms with Crippen molar-refractivity contribution in [2.45, 2.75) is 42.6 Å². The number of nitrogen functional groups attached to an aromatic ring is 1. The van der Waals surface area contributed by atoms with Gasteiger partial charge in [-0.2, -0.15) is 0 Å². The van der Waals surface area contributed by atoms with Crippen molar-refractivity contribution in [3.8, 4) is 0 Å². The fourth-order valence-corrected chi connectivity index (χ4v) is 5.42. The first-order valence-corrected chi connectivity index (χ1v) is 11.2. The Labute approximate surface area is 185 Å². The molecule has 156 valence electrons. The zero-order chi connectivity index (χ0) is 20.9. The van der Waals surface area contributed by atoms with Crippen LogP contribution in [-0.4, -0.2) is 38.5 Å². The van der Waals surface area contributed by atoms with E-state index in [-0.39, 0.29) is 11.5 Å². The molecule has 2 N–H and O–H groups in total. The largest absolute Gasteiger partial charge is 0.382 e. The third-order valence-electron chi connectivity index (χ3n) is 5.81. The van der Waals surface area contributed by atoms with Gasteiger partial charge in [-0.05, 0) is 39.2 Å². The van der Waals surface area contributed by atoms with Crippen molar-refractivity contribution in [3.05, 3.63) is 48.4 Å². The lowest BCUT2D eigenvalue weighted by atomic mass is 9.77. The highest BCUT2D eigenvalue weighted by molar-refractivity contribution is 7.99. The lowest BCUT2D eigenvalue weighted by Crippen LogP contribution is -2.41. The molecule has 0 aliphatic carbocycles. The summed E-state index contributed by atoms with van der Waals surface area (Å²) in [5, 5.41) is 0.456. The third kappa shape index (κ3) is 3.40. The fraction of sp³-hybridized carbons (Fsp3) is 0.381. The van der Waals surface area contributed by atoms with Crippen LogP contribution in [0.5, 0.6) is 0 Å². The van der Waals surface area contributed by atoms with Crippen LogP contribution in [0.1, 0.15) is 25.5 Å². The molecule has 2 saturated heterocycles. The molecule has 3 aromatic rings. The number of piperidine rings is 1. The number of rotatable bonds is 3. The van der Waals surface area contributed by atoms with Crippen LogP contribution in [-0.2, 0) is 4.74 Å². The molecule has 2 aliphatic heterocycles. The van der Waals surface area contributed by atoms with Crippen LogP contribution in [0.3, 0.4) is 0 Å². The summed E-state index contributed by atoms with van der Waals surface area (Å²) >= 11 is 7.88. The smallest absolute Gasteiger partial charge is 0.211 e. The van der Waals surface area contributed by atoms with E-state index < -0.39 is 0 Å². The molecule has 9 heteroatoms. The number of aryl methyl sites for hydroxylation is 1. The van der Waals surface area contributed by atoms with Gasteiger partial charge in [0, 0.05) is 42.0 Å². The summed E-state index contributed by atoms with van der Waals surface area (Å²) in [5.41, 5.74) is 7.74. The SMILES string of the molecule is Cc1nc(N2CCC3([CH]O[C@@H](C)[CH]3)CC2)n2ccnc2c1Sc1ccnc(N)c1Cl. The van der Waals surface area contributed by atoms with Crippen LogP contribution >= 0.6 is 23.4 Å². The van der Waals surface area contributed by atoms with Crippen molar-refractivity contribution in [2.75, 3.05) is 23.7 Å². The minimum Gasteiger partial charge on any atom is -0.382 e. The maximum atomic E-state index is 6.36. The summed E-state index contributed by atoms with van der Waals surface area (Å²) < 4.78 is 7.76. The molecule has 1 atom stereocenters. The number of hydrogen-bond acceptors (Lipinski definition) is 7. The molecule has 2 aliphatic rings. The molecule has 2 radical (unpaired) electrons. The molecule has 0 amide bonds. The van der Waals surface area contributed by atoms with Crippen molar-refractivity contribution in [1.82, 2.24) is 19.4 Å². The van der Waals surface area contributed by atoms with E-state index in [1.54, 1.807) is 6.20 Å². The highest BCUT2D eigenvalue weighted by Crippen LogP contribution is 2.45. The maximum absolute atomic E-state index is 6.36. The van der Waals surface area contributed by atoms with E-state index in [0.29, 0.717) is 10.8 Å². The average molecular weight is 443 g/mol. The second-order valence-corrected chi connectivity index (χ2v) is 9.33. The van der Waals surface area contributed by atoms with Gasteiger partial charge in [0.1, 0.15) is 5.82 Å². The van der Waals surface area contributed by atoms with Crippen molar-refractivity contribution in [2.24, 2.45) is 5.41 Å². The highest BCUT2D eigenvalue weighted by Gasteiger charge is 2.42. The lowest BCUT2D eigenvalue weighted by Gasteiger charge is -2.38. The van der Waals surface area contributed by atoms with E-state index in [1.807, 2.05) is 32.0 Å². The van der Waals surface area contributed by atoms with Gasteiger partial charge in [0.2, 0.25) is 5.95 Å². The molecular formula is C21H23ClN6OS. The van der Waals surface area contributed by atoms with E-state index in [2.05, 4.69) is 32.6 Å². The predicted octanol–water partition coefficient (Wildman–Crippen LogP) is 4.19. The topological polar surface area (TPSA) is 81.6 Å². The van der Waals surface area contributed by atoms with Crippen LogP contribution < -0.4 is 10.6 Å². The quantitative estimate of drug-likeness (QED) is 0.651. The fourth-order valence-electron chi connectivity index (χ4n) is 4.22. The van der Waals surface area contributed by atoms with Gasteiger partial charge in [-0.1, -0.05) is 23.4 Å². The Kier molecular flexibility index (Phi) is 5.03. The Morgan fingerprint density at radius 3 is 2.80 bits per heavy atom. The molecule has 7 nitrogen and oxygen atoms in total. The Morgan fingerprint density at radius 1 is 1.27 bits per heavy atom. The highest BCUT2D eigenvalue weighted by atomic mass is 35.5. The molecule has 3 aromatic heterocycles. The number of aromatic nitrogens is 4. The van der Waals surface area contributed by atoms with Crippen molar-refractivity contribution < 1.29 is 4.74 Å². The number of imidazole rings is 1. The number of ether oxygens (including phenoxy) is 1. The molecule has 5 rings (SSSR count). The van der Waals surface area contributed by atoms with Crippen LogP contribution in [0.25, 0.3) is 5.65 Å². The molecule has 1 spiro atoms. The number of nitrogens with zero attached hydrogens (tertiary/aromatic N) is 5. The van der Waals surface area contributed by atoms with Gasteiger partial charge in [-0.3, -0.25) is 4.40 Å². The van der Waals surface area contributed by atoms with Gasteiger partial charge >= 0.3 is 0 Å². The van der Waals surface area contributed by atoms with E-state index in [4.69, 9.17) is 27.1 Å². The van der Waals surface area contributed by atoms with Crippen LogP contribution in [0.4, 0.5) is 11.8 Å². The number of fused-ring (bicyclic) bond motifs is 1. The Morgan fingerprint density at radius 2 is 2.07 bits per heavy atom. The average Bonchev–Trinajstić information content (AvgIpc) is 3.35. The molecule has 2 fully saturated rings. The summed E-state index contributed by atoms with van der Waals surface area (Å²) in [6, 6.07) is 1.86. The molecule has 0 bridgehead atoms. The Hall–Kier alpha value is -2.03. The van der Waals surface area contributed by atoms with Gasteiger partial charge in [-0.15, -0.1) is 0 Å². The zero-order valence-electron chi connectivity index (χ0n) is 16.9. The minimum atomic E-state index is 0.0901. The van der Waals surface area contributed by atoms with Crippen LogP contribution in [0.15, 0.2) is 34.4 Å². The minimum absolute atomic E-state index is 0.0901. The van der Waals surface area contributed by atoms with Gasteiger partial charge in [0.15, 0.2) is 5.65 Å². The standard InChI is InChI=1S/C21H23ClN6OS/c1-13-11-21(12-29-13)4-8-27(9-5-21)20-26-14(2)17(19-25-7-10-28(19)20)30-15-3-6-24-18(23)16(15)22/h3,6-7,10-13H,4-5,8-9H2,1-2H3,(H2,23,24)/t13-/m0/s1. The molecule has 5 heterocycles. The summed E-state index contributed by atoms with van der Waals surface area (Å²) in [5.74, 6) is 1.25. The first-order valence-electron chi connectivity index (χ1n) is 9.98. The molecule has 0 saturated carbocycles. The maximum Gasteiger partial charge on any atom is 0.211 e. The van der Waals surface area contributed by atoms with E-state index in [1.165, 1.54) is 11.8 Å². The second kappa shape index (κ2) is 7.59. The van der Waals surface area contributed by atoms with Gasteiger partial charge < -0.3 is 15.4 Å². The van der Waals surface area contributed by atoms with E-state index in [0.717, 1.165) is 53.0 Å². The second-order valence-electron chi connectivity index (χ2n) is 7.90. The number of halogens is 1. The third-order valence-corrected chi connectivity index (χ3v) is 7.56. The van der Waals surface area contributed by atoms with Crippen LogP contribution in [0.2, 0.25) is 5.02 Å². The van der Waals surface area contributed by atoms with Crippen molar-refractivity contribution in [3.63, 3.8) is 0 Å². The first kappa shape index (κ1) is 19.9. The Bertz CT molecular complexity index is 1090. The Balaban J connectivity index is 1.45. The zero-order valence-corrected chi connectivity index (χ0v) is 18.5. The van der Waals surface area contributed by atoms with Crippen LogP contribution in [0, 0.1) is 25.4 Å². The predicted molar refractivity (Wildman–Crippen MR) is 119 cm³/mol. The van der Waals surface area contributed by atoms with Crippen molar-refractivity contribution in [1.29, 1.82) is 0 Å². The molecule has 0 unspecified atom stereocenters. The monoisotopic (exact) mass is 442 g/mol. The van der Waals surface area contributed by atoms with E-state index in [9.17, 15) is 0 Å². The lowest BCUT2D eigenvalue weighted by molar-refractivity contribution is 0.162. The summed E-state index contributed by atoms with van der Waals surface area (Å²) in [7, 11) is 0. The van der Waals surface area contributed by atoms with Gasteiger partial charge in [0.05, 0.1) is 28.3 Å². The number of pyridine rings is 1. The first-order chi connectivity index (χ1) is 14.5. The summed E-state index contributed by atoms with van der Waals surface area (Å²) in [4.78, 5) is 17.8. The molecule has 30 heavy (non-hydrogen) atoms.